The van der Waals surface area contributed by atoms with Gasteiger partial charge in [0.05, 0.1) is 12.3 Å². The Morgan fingerprint density at radius 1 is 1.08 bits per heavy atom. The number of halogens is 2. The summed E-state index contributed by atoms with van der Waals surface area (Å²) in [6, 6.07) is 14.4. The molecule has 130 valence electrons. The van der Waals surface area contributed by atoms with Crippen molar-refractivity contribution in [1.82, 2.24) is 9.38 Å². The lowest BCUT2D eigenvalue weighted by Crippen LogP contribution is -1.95. The number of rotatable bonds is 3. The van der Waals surface area contributed by atoms with E-state index in [4.69, 9.17) is 11.6 Å². The third kappa shape index (κ3) is 2.87. The van der Waals surface area contributed by atoms with Crippen LogP contribution in [0, 0.1) is 12.7 Å². The molecule has 1 N–H and O–H groups in total. The summed E-state index contributed by atoms with van der Waals surface area (Å²) in [7, 11) is 0. The molecule has 0 amide bonds. The van der Waals surface area contributed by atoms with Crippen molar-refractivity contribution in [1.29, 1.82) is 0 Å². The Morgan fingerprint density at radius 2 is 1.88 bits per heavy atom. The molecule has 2 aromatic carbocycles. The second-order valence-electron chi connectivity index (χ2n) is 6.20. The van der Waals surface area contributed by atoms with Crippen molar-refractivity contribution in [3.05, 3.63) is 82.9 Å². The standard InChI is InChI=1S/C21H16ClFN2O/c1-13-5-6-14(9-18(13)22)20-11-25-10-15(7-8-21(25)24-20)16-3-2-4-19(23)17(16)12-26/h2-11,26H,12H2,1H3. The lowest BCUT2D eigenvalue weighted by Gasteiger charge is -2.09. The minimum Gasteiger partial charge on any atom is -0.392 e. The van der Waals surface area contributed by atoms with E-state index in [1.807, 2.05) is 54.0 Å². The molecular weight excluding hydrogens is 351 g/mol. The monoisotopic (exact) mass is 366 g/mol. The van der Waals surface area contributed by atoms with E-state index in [-0.39, 0.29) is 12.2 Å². The zero-order valence-electron chi connectivity index (χ0n) is 14.1. The molecule has 0 aliphatic carbocycles. The molecule has 26 heavy (non-hydrogen) atoms. The maximum atomic E-state index is 14.0. The predicted molar refractivity (Wildman–Crippen MR) is 102 cm³/mol. The maximum Gasteiger partial charge on any atom is 0.137 e. The fourth-order valence-corrected chi connectivity index (χ4v) is 3.21. The second kappa shape index (κ2) is 6.56. The number of aryl methyl sites for hydroxylation is 1. The van der Waals surface area contributed by atoms with Crippen LogP contribution in [0.15, 0.2) is 60.9 Å². The van der Waals surface area contributed by atoms with Gasteiger partial charge in [-0.15, -0.1) is 0 Å². The number of aliphatic hydroxyl groups excluding tert-OH is 1. The van der Waals surface area contributed by atoms with Gasteiger partial charge in [0.15, 0.2) is 0 Å². The van der Waals surface area contributed by atoms with Crippen LogP contribution >= 0.6 is 11.6 Å². The van der Waals surface area contributed by atoms with Crippen molar-refractivity contribution in [2.24, 2.45) is 0 Å². The van der Waals surface area contributed by atoms with Crippen LogP contribution in [0.5, 0.6) is 0 Å². The predicted octanol–water partition coefficient (Wildman–Crippen LogP) is 5.26. The number of aliphatic hydroxyl groups is 1. The van der Waals surface area contributed by atoms with Gasteiger partial charge in [0, 0.05) is 28.5 Å². The van der Waals surface area contributed by atoms with Gasteiger partial charge in [-0.2, -0.15) is 0 Å². The van der Waals surface area contributed by atoms with Gasteiger partial charge in [-0.3, -0.25) is 0 Å². The first kappa shape index (κ1) is 16.8. The highest BCUT2D eigenvalue weighted by molar-refractivity contribution is 6.31. The molecule has 2 aromatic heterocycles. The Labute approximate surface area is 155 Å². The van der Waals surface area contributed by atoms with E-state index in [1.165, 1.54) is 6.07 Å². The van der Waals surface area contributed by atoms with Gasteiger partial charge in [-0.1, -0.05) is 35.9 Å². The highest BCUT2D eigenvalue weighted by atomic mass is 35.5. The summed E-state index contributed by atoms with van der Waals surface area (Å²) in [5.74, 6) is -0.411. The number of aromatic nitrogens is 2. The van der Waals surface area contributed by atoms with Crippen LogP contribution in [0.1, 0.15) is 11.1 Å². The molecule has 4 aromatic rings. The first-order chi connectivity index (χ1) is 12.6. The van der Waals surface area contributed by atoms with E-state index in [0.717, 1.165) is 28.0 Å². The molecule has 3 nitrogen and oxygen atoms in total. The fraction of sp³-hybridized carbons (Fsp3) is 0.0952. The van der Waals surface area contributed by atoms with E-state index >= 15 is 0 Å². The van der Waals surface area contributed by atoms with Crippen molar-refractivity contribution in [2.45, 2.75) is 13.5 Å². The average molecular weight is 367 g/mol. The zero-order chi connectivity index (χ0) is 18.3. The van der Waals surface area contributed by atoms with Crippen molar-refractivity contribution in [3.63, 3.8) is 0 Å². The zero-order valence-corrected chi connectivity index (χ0v) is 14.8. The summed E-state index contributed by atoms with van der Waals surface area (Å²) in [5.41, 5.74) is 5.32. The Balaban J connectivity index is 1.82. The minimum absolute atomic E-state index is 0.289. The van der Waals surface area contributed by atoms with Gasteiger partial charge < -0.3 is 9.51 Å². The number of hydrogen-bond donors (Lipinski definition) is 1. The summed E-state index contributed by atoms with van der Waals surface area (Å²) in [5, 5.41) is 10.2. The SMILES string of the molecule is Cc1ccc(-c2cn3cc(-c4cccc(F)c4CO)ccc3n2)cc1Cl. The first-order valence-electron chi connectivity index (χ1n) is 8.21. The molecule has 0 bridgehead atoms. The summed E-state index contributed by atoms with van der Waals surface area (Å²) in [6.45, 7) is 1.61. The maximum absolute atomic E-state index is 14.0. The summed E-state index contributed by atoms with van der Waals surface area (Å²) >= 11 is 6.22. The number of pyridine rings is 1. The van der Waals surface area contributed by atoms with E-state index in [0.29, 0.717) is 10.6 Å². The molecule has 0 saturated heterocycles. The average Bonchev–Trinajstić information content (AvgIpc) is 3.07. The first-order valence-corrected chi connectivity index (χ1v) is 8.58. The Hall–Kier alpha value is -2.69. The van der Waals surface area contributed by atoms with Gasteiger partial charge in [-0.25, -0.2) is 9.37 Å². The van der Waals surface area contributed by atoms with Crippen molar-refractivity contribution in [2.75, 3.05) is 0 Å². The van der Waals surface area contributed by atoms with Gasteiger partial charge >= 0.3 is 0 Å². The van der Waals surface area contributed by atoms with Crippen LogP contribution < -0.4 is 0 Å². The molecule has 0 fully saturated rings. The van der Waals surface area contributed by atoms with E-state index in [1.54, 1.807) is 12.1 Å². The van der Waals surface area contributed by atoms with Gasteiger partial charge in [-0.05, 0) is 47.9 Å². The Morgan fingerprint density at radius 3 is 2.65 bits per heavy atom. The third-order valence-electron chi connectivity index (χ3n) is 4.51. The molecule has 0 aliphatic heterocycles. The quantitative estimate of drug-likeness (QED) is 0.537. The molecule has 0 unspecified atom stereocenters. The second-order valence-corrected chi connectivity index (χ2v) is 6.60. The van der Waals surface area contributed by atoms with Crippen LogP contribution in [0.2, 0.25) is 5.02 Å². The van der Waals surface area contributed by atoms with Gasteiger partial charge in [0.25, 0.3) is 0 Å². The van der Waals surface area contributed by atoms with Crippen LogP contribution in [0.25, 0.3) is 28.0 Å². The van der Waals surface area contributed by atoms with Crippen molar-refractivity contribution >= 4 is 17.2 Å². The highest BCUT2D eigenvalue weighted by Gasteiger charge is 2.11. The number of imidazole rings is 1. The highest BCUT2D eigenvalue weighted by Crippen LogP contribution is 2.28. The van der Waals surface area contributed by atoms with E-state index in [9.17, 15) is 9.50 Å². The molecule has 0 aliphatic rings. The number of nitrogens with zero attached hydrogens (tertiary/aromatic N) is 2. The fourth-order valence-electron chi connectivity index (χ4n) is 3.03. The molecular formula is C21H16ClFN2O. The molecule has 0 atom stereocenters. The molecule has 4 rings (SSSR count). The van der Waals surface area contributed by atoms with Crippen LogP contribution in [0.4, 0.5) is 4.39 Å². The summed E-state index contributed by atoms with van der Waals surface area (Å²) in [4.78, 5) is 4.63. The van der Waals surface area contributed by atoms with Gasteiger partial charge in [0.2, 0.25) is 0 Å². The smallest absolute Gasteiger partial charge is 0.137 e. The third-order valence-corrected chi connectivity index (χ3v) is 4.91. The normalized spacial score (nSPS) is 11.2. The Kier molecular flexibility index (Phi) is 4.23. The van der Waals surface area contributed by atoms with E-state index in [2.05, 4.69) is 4.98 Å². The number of fused-ring (bicyclic) bond motifs is 1. The van der Waals surface area contributed by atoms with Crippen LogP contribution in [-0.2, 0) is 6.61 Å². The molecule has 0 spiro atoms. The molecule has 0 radical (unpaired) electrons. The van der Waals surface area contributed by atoms with Crippen molar-refractivity contribution in [3.8, 4) is 22.4 Å². The van der Waals surface area contributed by atoms with E-state index < -0.39 is 5.82 Å². The molecule has 5 heteroatoms. The van der Waals surface area contributed by atoms with Crippen molar-refractivity contribution < 1.29 is 9.50 Å². The lowest BCUT2D eigenvalue weighted by atomic mass is 10.0. The topological polar surface area (TPSA) is 37.5 Å². The summed E-state index contributed by atoms with van der Waals surface area (Å²) < 4.78 is 15.8. The largest absolute Gasteiger partial charge is 0.392 e. The Bertz CT molecular complexity index is 1120. The summed E-state index contributed by atoms with van der Waals surface area (Å²) in [6.07, 6.45) is 3.80. The van der Waals surface area contributed by atoms with Crippen LogP contribution in [-0.4, -0.2) is 14.5 Å². The molecule has 0 saturated carbocycles. The minimum atomic E-state index is -0.411. The molecule has 2 heterocycles. The number of benzene rings is 2. The number of hydrogen-bond acceptors (Lipinski definition) is 2. The lowest BCUT2D eigenvalue weighted by molar-refractivity contribution is 0.276. The van der Waals surface area contributed by atoms with Gasteiger partial charge in [0.1, 0.15) is 11.5 Å². The van der Waals surface area contributed by atoms with Crippen LogP contribution in [0.3, 0.4) is 0 Å².